The van der Waals surface area contributed by atoms with Crippen LogP contribution in [0.4, 0.5) is 5.82 Å². The molecule has 3 aromatic heterocycles. The first-order valence-electron chi connectivity index (χ1n) is 9.84. The first-order chi connectivity index (χ1) is 13.9. The van der Waals surface area contributed by atoms with Crippen molar-refractivity contribution in [3.63, 3.8) is 0 Å². The predicted octanol–water partition coefficient (Wildman–Crippen LogP) is 3.02. The number of aromatic amines is 1. The zero-order valence-corrected chi connectivity index (χ0v) is 17.4. The van der Waals surface area contributed by atoms with Crippen LogP contribution in [0.2, 0.25) is 0 Å². The van der Waals surface area contributed by atoms with E-state index in [1.54, 1.807) is 12.5 Å². The fourth-order valence-corrected chi connectivity index (χ4v) is 5.61. The molecule has 1 unspecified atom stereocenters. The Morgan fingerprint density at radius 3 is 2.90 bits per heavy atom. The molecule has 8 nitrogen and oxygen atoms in total. The highest BCUT2D eigenvalue weighted by molar-refractivity contribution is 8.27. The van der Waals surface area contributed by atoms with Gasteiger partial charge in [-0.3, -0.25) is 5.14 Å². The van der Waals surface area contributed by atoms with Crippen LogP contribution in [0.25, 0.3) is 22.4 Å². The van der Waals surface area contributed by atoms with Gasteiger partial charge in [0.25, 0.3) is 0 Å². The summed E-state index contributed by atoms with van der Waals surface area (Å²) >= 11 is 0. The molecule has 4 heterocycles. The Balaban J connectivity index is 1.70. The van der Waals surface area contributed by atoms with Gasteiger partial charge < -0.3 is 19.2 Å². The summed E-state index contributed by atoms with van der Waals surface area (Å²) < 4.78 is 15.9. The lowest BCUT2D eigenvalue weighted by atomic mass is 10.1. The lowest BCUT2D eigenvalue weighted by Crippen LogP contribution is -2.44. The van der Waals surface area contributed by atoms with Crippen molar-refractivity contribution in [2.45, 2.75) is 30.6 Å². The topological polar surface area (TPSA) is 113 Å². The molecule has 4 N–H and O–H groups in total. The van der Waals surface area contributed by atoms with E-state index in [-0.39, 0.29) is 6.04 Å². The number of hydrogen-bond acceptors (Lipinski definition) is 7. The second-order valence-electron chi connectivity index (χ2n) is 8.08. The fraction of sp³-hybridized carbons (Fsp3) is 0.450. The number of fused-ring (bicyclic) bond motifs is 1. The number of anilines is 1. The number of H-pyrrole nitrogens is 1. The average Bonchev–Trinajstić information content (AvgIpc) is 3.39. The number of nitrogens with zero attached hydrogens (tertiary/aromatic N) is 4. The van der Waals surface area contributed by atoms with Gasteiger partial charge in [0, 0.05) is 42.2 Å². The highest BCUT2D eigenvalue weighted by Gasteiger charge is 2.55. The molecule has 9 heteroatoms. The molecule has 1 saturated carbocycles. The van der Waals surface area contributed by atoms with Gasteiger partial charge in [0.15, 0.2) is 5.82 Å². The van der Waals surface area contributed by atoms with Crippen molar-refractivity contribution in [2.24, 2.45) is 5.14 Å². The van der Waals surface area contributed by atoms with Crippen LogP contribution in [0.5, 0.6) is 0 Å². The highest BCUT2D eigenvalue weighted by atomic mass is 32.3. The van der Waals surface area contributed by atoms with Crippen LogP contribution in [-0.4, -0.2) is 56.5 Å². The van der Waals surface area contributed by atoms with Crippen molar-refractivity contribution >= 4 is 27.3 Å². The summed E-state index contributed by atoms with van der Waals surface area (Å²) in [6, 6.07) is 6.16. The van der Waals surface area contributed by atoms with Gasteiger partial charge in [0.1, 0.15) is 11.5 Å². The predicted molar refractivity (Wildman–Crippen MR) is 116 cm³/mol. The third-order valence-electron chi connectivity index (χ3n) is 6.04. The number of rotatable bonds is 4. The Bertz CT molecular complexity index is 1060. The summed E-state index contributed by atoms with van der Waals surface area (Å²) in [5.74, 6) is 1.49. The second-order valence-corrected chi connectivity index (χ2v) is 10.7. The molecule has 0 bridgehead atoms. The summed E-state index contributed by atoms with van der Waals surface area (Å²) in [5.41, 5.74) is 2.55. The molecule has 1 aliphatic carbocycles. The molecule has 0 amide bonds. The van der Waals surface area contributed by atoms with Crippen LogP contribution >= 0.6 is 10.5 Å². The number of ether oxygens (including phenoxy) is 1. The first kappa shape index (κ1) is 18.8. The highest BCUT2D eigenvalue weighted by Crippen LogP contribution is 2.68. The normalized spacial score (nSPS) is 24.3. The Labute approximate surface area is 171 Å². The van der Waals surface area contributed by atoms with E-state index in [2.05, 4.69) is 21.8 Å². The van der Waals surface area contributed by atoms with Crippen LogP contribution in [0, 0.1) is 0 Å². The standard InChI is InChI=1S/C20H26N6O2S/c1-13-12-28-10-9-26(13)17-11-16(20(5-6-20)29(2,21)27)24-19(25-17)15-4-8-23-18-14(15)3-7-22-18/h3-4,7-8,11,13,27H,5-6,9-10,12,21H2,1-2H3,(H,22,23)/t13-/m1/s1. The van der Waals surface area contributed by atoms with E-state index in [0.29, 0.717) is 19.0 Å². The Morgan fingerprint density at radius 1 is 1.34 bits per heavy atom. The monoisotopic (exact) mass is 414 g/mol. The van der Waals surface area contributed by atoms with Gasteiger partial charge in [0.2, 0.25) is 0 Å². The molecular formula is C20H26N6O2S. The van der Waals surface area contributed by atoms with Crippen LogP contribution in [0.3, 0.4) is 0 Å². The average molecular weight is 415 g/mol. The number of morpholine rings is 1. The van der Waals surface area contributed by atoms with Crippen molar-refractivity contribution < 1.29 is 9.29 Å². The minimum Gasteiger partial charge on any atom is -0.377 e. The van der Waals surface area contributed by atoms with Crippen molar-refractivity contribution in [1.82, 2.24) is 19.9 Å². The van der Waals surface area contributed by atoms with Gasteiger partial charge in [-0.15, -0.1) is 0 Å². The lowest BCUT2D eigenvalue weighted by molar-refractivity contribution is 0.0985. The largest absolute Gasteiger partial charge is 0.377 e. The molecule has 1 saturated heterocycles. The van der Waals surface area contributed by atoms with Gasteiger partial charge >= 0.3 is 0 Å². The molecule has 3 aromatic rings. The summed E-state index contributed by atoms with van der Waals surface area (Å²) in [4.78, 5) is 19.6. The van der Waals surface area contributed by atoms with E-state index >= 15 is 0 Å². The van der Waals surface area contributed by atoms with Crippen molar-refractivity contribution in [3.05, 3.63) is 36.3 Å². The third kappa shape index (κ3) is 3.09. The van der Waals surface area contributed by atoms with Crippen molar-refractivity contribution in [3.8, 4) is 11.4 Å². The maximum atomic E-state index is 10.8. The summed E-state index contributed by atoms with van der Waals surface area (Å²) in [5, 5.41) is 7.23. The molecule has 0 aromatic carbocycles. The summed E-state index contributed by atoms with van der Waals surface area (Å²) in [6.45, 7) is 4.23. The van der Waals surface area contributed by atoms with Crippen LogP contribution in [-0.2, 0) is 9.48 Å². The maximum absolute atomic E-state index is 10.8. The molecule has 2 aliphatic rings. The van der Waals surface area contributed by atoms with Crippen LogP contribution in [0.1, 0.15) is 25.5 Å². The van der Waals surface area contributed by atoms with E-state index in [4.69, 9.17) is 19.8 Å². The number of nitrogens with two attached hydrogens (primary N) is 1. The van der Waals surface area contributed by atoms with Gasteiger partial charge in [-0.05, 0) is 31.9 Å². The van der Waals surface area contributed by atoms with Crippen molar-refractivity contribution in [2.75, 3.05) is 30.9 Å². The smallest absolute Gasteiger partial charge is 0.162 e. The van der Waals surface area contributed by atoms with Crippen LogP contribution < -0.4 is 10.0 Å². The quantitative estimate of drug-likeness (QED) is 0.601. The van der Waals surface area contributed by atoms with E-state index in [1.807, 2.05) is 24.4 Å². The second kappa shape index (κ2) is 6.66. The number of hydrogen-bond donors (Lipinski definition) is 3. The summed E-state index contributed by atoms with van der Waals surface area (Å²) in [7, 11) is -2.29. The van der Waals surface area contributed by atoms with E-state index in [1.165, 1.54) is 0 Å². The molecule has 29 heavy (non-hydrogen) atoms. The molecule has 2 atom stereocenters. The number of aromatic nitrogens is 4. The van der Waals surface area contributed by atoms with E-state index in [9.17, 15) is 4.55 Å². The molecule has 1 aliphatic heterocycles. The zero-order chi connectivity index (χ0) is 20.2. The first-order valence-corrected chi connectivity index (χ1v) is 11.9. The minimum absolute atomic E-state index is 0.213. The minimum atomic E-state index is -2.29. The Hall–Kier alpha value is -2.20. The molecular weight excluding hydrogens is 388 g/mol. The fourth-order valence-electron chi connectivity index (χ4n) is 4.15. The summed E-state index contributed by atoms with van der Waals surface area (Å²) in [6.07, 6.45) is 7.06. The molecule has 5 rings (SSSR count). The van der Waals surface area contributed by atoms with Gasteiger partial charge in [-0.25, -0.2) is 15.0 Å². The maximum Gasteiger partial charge on any atom is 0.162 e. The third-order valence-corrected chi connectivity index (χ3v) is 8.24. The number of nitrogens with one attached hydrogen (secondary N) is 1. The molecule has 154 valence electrons. The SMILES string of the molecule is C[C@@H]1COCCN1c1cc(C2(S(C)(N)O)CC2)nc(-c2ccnc3[nH]ccc23)n1. The van der Waals surface area contributed by atoms with Crippen molar-refractivity contribution in [1.29, 1.82) is 0 Å². The zero-order valence-electron chi connectivity index (χ0n) is 16.6. The van der Waals surface area contributed by atoms with Gasteiger partial charge in [0.05, 0.1) is 29.7 Å². The van der Waals surface area contributed by atoms with E-state index < -0.39 is 15.2 Å². The van der Waals surface area contributed by atoms with E-state index in [0.717, 1.165) is 47.5 Å². The molecule has 2 fully saturated rings. The molecule has 0 spiro atoms. The Morgan fingerprint density at radius 2 is 2.17 bits per heavy atom. The van der Waals surface area contributed by atoms with Crippen LogP contribution in [0.15, 0.2) is 30.6 Å². The lowest BCUT2D eigenvalue weighted by Gasteiger charge is -2.37. The number of pyridine rings is 1. The molecule has 0 radical (unpaired) electrons. The Kier molecular flexibility index (Phi) is 4.32. The van der Waals surface area contributed by atoms with Gasteiger partial charge in [-0.2, -0.15) is 0 Å². The van der Waals surface area contributed by atoms with Gasteiger partial charge in [-0.1, -0.05) is 10.5 Å².